The molecule has 0 aliphatic heterocycles. The Morgan fingerprint density at radius 2 is 1.86 bits per heavy atom. The van der Waals surface area contributed by atoms with Gasteiger partial charge in [0.05, 0.1) is 16.9 Å². The van der Waals surface area contributed by atoms with Crippen LogP contribution in [0.1, 0.15) is 11.1 Å². The number of halogens is 1. The number of aromatic nitrogens is 3. The monoisotopic (exact) mass is 298 g/mol. The van der Waals surface area contributed by atoms with Gasteiger partial charge in [0.25, 0.3) is 0 Å². The lowest BCUT2D eigenvalue weighted by Crippen LogP contribution is -1.96. The SMILES string of the molecule is Cc1ccc(-c2cn(-c3ccc(N)cc3Cl)nn2)cc1C. The maximum absolute atomic E-state index is 6.20. The van der Waals surface area contributed by atoms with E-state index in [2.05, 4.69) is 36.3 Å². The van der Waals surface area contributed by atoms with Gasteiger partial charge in [0, 0.05) is 11.3 Å². The fraction of sp³-hybridized carbons (Fsp3) is 0.125. The number of benzene rings is 2. The first-order chi connectivity index (χ1) is 10.0. The highest BCUT2D eigenvalue weighted by molar-refractivity contribution is 6.32. The fourth-order valence-corrected chi connectivity index (χ4v) is 2.40. The summed E-state index contributed by atoms with van der Waals surface area (Å²) in [6.45, 7) is 4.17. The molecule has 0 amide bonds. The van der Waals surface area contributed by atoms with Gasteiger partial charge in [-0.15, -0.1) is 5.10 Å². The first-order valence-electron chi connectivity index (χ1n) is 6.60. The lowest BCUT2D eigenvalue weighted by molar-refractivity contribution is 0.804. The van der Waals surface area contributed by atoms with Crippen molar-refractivity contribution in [3.05, 3.63) is 58.7 Å². The average molecular weight is 299 g/mol. The van der Waals surface area contributed by atoms with Crippen LogP contribution in [0.3, 0.4) is 0 Å². The maximum Gasteiger partial charge on any atom is 0.113 e. The molecule has 1 heterocycles. The van der Waals surface area contributed by atoms with Crippen LogP contribution >= 0.6 is 11.6 Å². The molecule has 0 aliphatic rings. The van der Waals surface area contributed by atoms with Crippen LogP contribution in [-0.4, -0.2) is 15.0 Å². The molecule has 2 N–H and O–H groups in total. The van der Waals surface area contributed by atoms with Crippen LogP contribution in [0.15, 0.2) is 42.6 Å². The Labute approximate surface area is 128 Å². The van der Waals surface area contributed by atoms with Crippen molar-refractivity contribution in [2.45, 2.75) is 13.8 Å². The minimum absolute atomic E-state index is 0.548. The van der Waals surface area contributed by atoms with E-state index in [9.17, 15) is 0 Å². The molecule has 0 fully saturated rings. The van der Waals surface area contributed by atoms with Gasteiger partial charge < -0.3 is 5.73 Å². The normalized spacial score (nSPS) is 10.8. The quantitative estimate of drug-likeness (QED) is 0.732. The molecule has 3 rings (SSSR count). The third kappa shape index (κ3) is 2.62. The van der Waals surface area contributed by atoms with Crippen molar-refractivity contribution in [3.63, 3.8) is 0 Å². The summed E-state index contributed by atoms with van der Waals surface area (Å²) in [4.78, 5) is 0. The van der Waals surface area contributed by atoms with Crippen LogP contribution < -0.4 is 5.73 Å². The Morgan fingerprint density at radius 1 is 1.05 bits per heavy atom. The lowest BCUT2D eigenvalue weighted by atomic mass is 10.0. The number of nitrogen functional groups attached to an aromatic ring is 1. The van der Waals surface area contributed by atoms with Gasteiger partial charge in [0.1, 0.15) is 5.69 Å². The van der Waals surface area contributed by atoms with Gasteiger partial charge in [0.2, 0.25) is 0 Å². The minimum Gasteiger partial charge on any atom is -0.399 e. The number of nitrogens with two attached hydrogens (primary N) is 1. The van der Waals surface area contributed by atoms with E-state index in [1.165, 1.54) is 11.1 Å². The Balaban J connectivity index is 2.01. The van der Waals surface area contributed by atoms with E-state index in [1.807, 2.05) is 18.3 Å². The number of rotatable bonds is 2. The van der Waals surface area contributed by atoms with Gasteiger partial charge >= 0.3 is 0 Å². The molecule has 5 heteroatoms. The van der Waals surface area contributed by atoms with Crippen LogP contribution in [0.2, 0.25) is 5.02 Å². The molecule has 2 aromatic carbocycles. The van der Waals surface area contributed by atoms with Crippen molar-refractivity contribution >= 4 is 17.3 Å². The van der Waals surface area contributed by atoms with Gasteiger partial charge in [-0.05, 0) is 49.2 Å². The van der Waals surface area contributed by atoms with Crippen molar-refractivity contribution in [3.8, 4) is 16.9 Å². The third-order valence-electron chi connectivity index (χ3n) is 3.51. The van der Waals surface area contributed by atoms with Gasteiger partial charge in [0.15, 0.2) is 0 Å². The maximum atomic E-state index is 6.20. The molecule has 0 bridgehead atoms. The molecule has 0 radical (unpaired) electrons. The van der Waals surface area contributed by atoms with E-state index >= 15 is 0 Å². The van der Waals surface area contributed by atoms with Crippen molar-refractivity contribution in [1.29, 1.82) is 0 Å². The summed E-state index contributed by atoms with van der Waals surface area (Å²) in [5.41, 5.74) is 11.4. The second-order valence-electron chi connectivity index (χ2n) is 5.06. The van der Waals surface area contributed by atoms with Crippen molar-refractivity contribution in [2.24, 2.45) is 0 Å². The standard InChI is InChI=1S/C16H15ClN4/c1-10-3-4-12(7-11(10)2)15-9-21(20-19-15)16-6-5-13(18)8-14(16)17/h3-9H,18H2,1-2H3. The third-order valence-corrected chi connectivity index (χ3v) is 3.82. The molecule has 0 unspecified atom stereocenters. The zero-order valence-corrected chi connectivity index (χ0v) is 12.6. The molecule has 0 spiro atoms. The molecule has 106 valence electrons. The van der Waals surface area contributed by atoms with Gasteiger partial charge in [-0.3, -0.25) is 0 Å². The van der Waals surface area contributed by atoms with Gasteiger partial charge in [-0.25, -0.2) is 4.68 Å². The Kier molecular flexibility index (Phi) is 3.39. The second kappa shape index (κ2) is 5.22. The predicted octanol–water partition coefficient (Wildman–Crippen LogP) is 3.79. The Morgan fingerprint density at radius 3 is 2.57 bits per heavy atom. The summed E-state index contributed by atoms with van der Waals surface area (Å²) in [6.07, 6.45) is 1.86. The fourth-order valence-electron chi connectivity index (χ4n) is 2.12. The molecular weight excluding hydrogens is 284 g/mol. The van der Waals surface area contributed by atoms with E-state index < -0.39 is 0 Å². The molecule has 0 aliphatic carbocycles. The van der Waals surface area contributed by atoms with Gasteiger partial charge in [-0.2, -0.15) is 0 Å². The predicted molar refractivity (Wildman–Crippen MR) is 85.7 cm³/mol. The number of hydrogen-bond acceptors (Lipinski definition) is 3. The summed E-state index contributed by atoms with van der Waals surface area (Å²) in [5.74, 6) is 0. The summed E-state index contributed by atoms with van der Waals surface area (Å²) in [7, 11) is 0. The minimum atomic E-state index is 0.548. The zero-order valence-electron chi connectivity index (χ0n) is 11.8. The number of nitrogens with zero attached hydrogens (tertiary/aromatic N) is 3. The van der Waals surface area contributed by atoms with Gasteiger partial charge in [-0.1, -0.05) is 28.9 Å². The second-order valence-corrected chi connectivity index (χ2v) is 5.47. The van der Waals surface area contributed by atoms with E-state index in [4.69, 9.17) is 17.3 Å². The van der Waals surface area contributed by atoms with Crippen molar-refractivity contribution in [1.82, 2.24) is 15.0 Å². The highest BCUT2D eigenvalue weighted by atomic mass is 35.5. The molecule has 3 aromatic rings. The molecule has 0 saturated carbocycles. The molecular formula is C16H15ClN4. The smallest absolute Gasteiger partial charge is 0.113 e. The first kappa shape index (κ1) is 13.6. The summed E-state index contributed by atoms with van der Waals surface area (Å²) in [5, 5.41) is 8.91. The van der Waals surface area contributed by atoms with E-state index in [1.54, 1.807) is 16.8 Å². The molecule has 21 heavy (non-hydrogen) atoms. The van der Waals surface area contributed by atoms with Crippen LogP contribution in [0, 0.1) is 13.8 Å². The van der Waals surface area contributed by atoms with E-state index in [0.29, 0.717) is 10.7 Å². The zero-order chi connectivity index (χ0) is 15.0. The molecule has 4 nitrogen and oxygen atoms in total. The number of hydrogen-bond donors (Lipinski definition) is 1. The topological polar surface area (TPSA) is 56.7 Å². The largest absolute Gasteiger partial charge is 0.399 e. The Bertz CT molecular complexity index is 808. The van der Waals surface area contributed by atoms with Crippen LogP contribution in [0.25, 0.3) is 16.9 Å². The molecule has 1 aromatic heterocycles. The first-order valence-corrected chi connectivity index (χ1v) is 6.98. The van der Waals surface area contributed by atoms with Crippen LogP contribution in [0.5, 0.6) is 0 Å². The van der Waals surface area contributed by atoms with Crippen molar-refractivity contribution < 1.29 is 0 Å². The van der Waals surface area contributed by atoms with Crippen LogP contribution in [0.4, 0.5) is 5.69 Å². The van der Waals surface area contributed by atoms with Crippen molar-refractivity contribution in [2.75, 3.05) is 5.73 Å². The molecule has 0 saturated heterocycles. The highest BCUT2D eigenvalue weighted by Crippen LogP contribution is 2.25. The Hall–Kier alpha value is -2.33. The lowest BCUT2D eigenvalue weighted by Gasteiger charge is -2.04. The number of anilines is 1. The average Bonchev–Trinajstić information content (AvgIpc) is 2.91. The summed E-state index contributed by atoms with van der Waals surface area (Å²) < 4.78 is 1.66. The molecule has 0 atom stereocenters. The van der Waals surface area contributed by atoms with Crippen LogP contribution in [-0.2, 0) is 0 Å². The van der Waals surface area contributed by atoms with E-state index in [0.717, 1.165) is 16.9 Å². The highest BCUT2D eigenvalue weighted by Gasteiger charge is 2.09. The number of aryl methyl sites for hydroxylation is 2. The summed E-state index contributed by atoms with van der Waals surface area (Å²) >= 11 is 6.20. The summed E-state index contributed by atoms with van der Waals surface area (Å²) in [6, 6.07) is 11.6. The van der Waals surface area contributed by atoms with E-state index in [-0.39, 0.29) is 0 Å².